The molecule has 0 aromatic rings. The van der Waals surface area contributed by atoms with Crippen LogP contribution in [0.15, 0.2) is 72.9 Å². The molecule has 0 aliphatic heterocycles. The lowest BCUT2D eigenvalue weighted by atomic mass is 9.86. The molecule has 170 valence electrons. The van der Waals surface area contributed by atoms with Gasteiger partial charge in [-0.1, -0.05) is 79.5 Å². The summed E-state index contributed by atoms with van der Waals surface area (Å²) < 4.78 is 12.4. The molecule has 7 unspecified atom stereocenters. The fraction of sp³-hybridized carbons (Fsp3) is 0.613. The van der Waals surface area contributed by atoms with E-state index in [0.717, 1.165) is 71.0 Å². The number of hydrogen-bond donors (Lipinski definition) is 0. The molecule has 0 aromatic heterocycles. The Labute approximate surface area is 201 Å². The average Bonchev–Trinajstić information content (AvgIpc) is 3.69. The summed E-state index contributed by atoms with van der Waals surface area (Å²) in [5, 5.41) is 0. The van der Waals surface area contributed by atoms with E-state index in [2.05, 4.69) is 72.9 Å². The second kappa shape index (κ2) is 8.91. The minimum Gasteiger partial charge on any atom is -0.141 e. The molecule has 9 rings (SSSR count). The van der Waals surface area contributed by atoms with Gasteiger partial charge < -0.3 is 0 Å². The van der Waals surface area contributed by atoms with E-state index >= 15 is 0 Å². The summed E-state index contributed by atoms with van der Waals surface area (Å²) in [4.78, 5) is 0. The summed E-state index contributed by atoms with van der Waals surface area (Å²) in [6.45, 7) is -0.750. The molecule has 0 saturated heterocycles. The van der Waals surface area contributed by atoms with Crippen molar-refractivity contribution in [1.82, 2.24) is 0 Å². The average molecular weight is 447 g/mol. The number of allylic oxidation sites excluding steroid dienone is 12. The van der Waals surface area contributed by atoms with Gasteiger partial charge in [0.1, 0.15) is 0 Å². The maximum absolute atomic E-state index is 6.21. The largest absolute Gasteiger partial charge is 0.141 e. The minimum atomic E-state index is -0.750. The molecule has 32 heavy (non-hydrogen) atoms. The maximum atomic E-state index is 6.21. The van der Waals surface area contributed by atoms with Gasteiger partial charge in [-0.3, -0.25) is 0 Å². The van der Waals surface area contributed by atoms with Crippen LogP contribution in [-0.4, -0.2) is 6.62 Å². The summed E-state index contributed by atoms with van der Waals surface area (Å²) in [7, 11) is 1.99. The van der Waals surface area contributed by atoms with Gasteiger partial charge in [0, 0.05) is 2.74 Å². The third-order valence-corrected chi connectivity index (χ3v) is 10.4. The van der Waals surface area contributed by atoms with Crippen LogP contribution in [0, 0.1) is 71.0 Å². The van der Waals surface area contributed by atoms with Gasteiger partial charge in [-0.15, -0.1) is 9.24 Å². The van der Waals surface area contributed by atoms with Crippen molar-refractivity contribution in [2.45, 2.75) is 38.5 Å². The van der Waals surface area contributed by atoms with E-state index in [-0.39, 0.29) is 0 Å². The molecule has 0 spiro atoms. The quantitative estimate of drug-likeness (QED) is 0.265. The van der Waals surface area contributed by atoms with E-state index in [0.29, 0.717) is 0 Å². The molecule has 9 aliphatic carbocycles. The highest BCUT2D eigenvalue weighted by molar-refractivity contribution is 7.15. The van der Waals surface area contributed by atoms with Crippen molar-refractivity contribution in [2.24, 2.45) is 71.0 Å². The lowest BCUT2D eigenvalue weighted by molar-refractivity contribution is 0.398. The zero-order chi connectivity index (χ0) is 23.2. The first-order valence-corrected chi connectivity index (χ1v) is 13.9. The molecular weight excluding hydrogens is 403 g/mol. The molecular formula is C31H41P. The van der Waals surface area contributed by atoms with E-state index in [1.807, 2.05) is 9.24 Å². The molecule has 0 radical (unpaired) electrons. The molecule has 9 aliphatic rings. The third kappa shape index (κ3) is 3.52. The number of hydrogen-bond acceptors (Lipinski definition) is 0. The summed E-state index contributed by atoms with van der Waals surface area (Å²) in [6.07, 6.45) is 37.5. The Morgan fingerprint density at radius 1 is 0.500 bits per heavy atom. The van der Waals surface area contributed by atoms with Crippen LogP contribution in [0.1, 0.15) is 41.3 Å². The Hall–Kier alpha value is -1.13. The molecule has 0 nitrogen and oxygen atoms in total. The van der Waals surface area contributed by atoms with E-state index < -0.39 is 6.62 Å². The summed E-state index contributed by atoms with van der Waals surface area (Å²) in [6, 6.07) is 0. The normalized spacial score (nSPS) is 52.2. The second-order valence-corrected chi connectivity index (χ2v) is 11.6. The predicted octanol–water partition coefficient (Wildman–Crippen LogP) is 7.65. The van der Waals surface area contributed by atoms with Crippen LogP contribution in [0.5, 0.6) is 0 Å². The van der Waals surface area contributed by atoms with Gasteiger partial charge in [0.2, 0.25) is 0 Å². The molecule has 0 heterocycles. The standard InChI is InChI=1S/3C10H12.CH5P/c3*1-2-9-7-4-5-8(6-7)10(9)3-1;1-2/h3*1-2,4-5,7-10H,3,6H2;2H2,1H3/t7?,8-,9+,10-;7?,8-,9-,10-;;/m00../s1/i;;;1D2. The van der Waals surface area contributed by atoms with Gasteiger partial charge in [0.05, 0.1) is 0 Å². The first kappa shape index (κ1) is 19.2. The van der Waals surface area contributed by atoms with E-state index in [1.165, 1.54) is 38.5 Å². The third-order valence-electron chi connectivity index (χ3n) is 10.4. The topological polar surface area (TPSA) is 0 Å². The number of fused-ring (bicyclic) bond motifs is 15. The number of rotatable bonds is 0. The van der Waals surface area contributed by atoms with Gasteiger partial charge in [-0.05, 0) is 110 Å². The van der Waals surface area contributed by atoms with Crippen molar-refractivity contribution >= 4 is 9.24 Å². The first-order chi connectivity index (χ1) is 16.6. The Balaban J connectivity index is 0.0000000891. The van der Waals surface area contributed by atoms with E-state index in [1.54, 1.807) is 0 Å². The second-order valence-electron chi connectivity index (χ2n) is 11.6. The molecule has 3 fully saturated rings. The monoisotopic (exact) mass is 446 g/mol. The van der Waals surface area contributed by atoms with E-state index in [4.69, 9.17) is 2.74 Å². The summed E-state index contributed by atoms with van der Waals surface area (Å²) in [5.74, 6) is 11.5. The van der Waals surface area contributed by atoms with Crippen molar-refractivity contribution in [3.8, 4) is 0 Å². The van der Waals surface area contributed by atoms with Gasteiger partial charge in [-0.25, -0.2) is 0 Å². The van der Waals surface area contributed by atoms with Crippen molar-refractivity contribution in [1.29, 1.82) is 0 Å². The van der Waals surface area contributed by atoms with Crippen LogP contribution < -0.4 is 0 Å². The SMILES string of the molecule is C1=CC2C3C=CC(C3)C2C1.C1=C[C@@H]2C3C=C[C@@H](C3)[C@@H]2C1.C1=C[C@H]2C3C=C[C@@H](C3)[C@@H]2C1.[2H]C([2H])P. The molecule has 3 saturated carbocycles. The molecule has 0 amide bonds. The van der Waals surface area contributed by atoms with Gasteiger partial charge in [0.25, 0.3) is 0 Å². The molecule has 1 heteroatoms. The van der Waals surface area contributed by atoms with Crippen LogP contribution in [0.25, 0.3) is 0 Å². The Kier molecular flexibility index (Phi) is 5.35. The van der Waals surface area contributed by atoms with E-state index in [9.17, 15) is 0 Å². The highest BCUT2D eigenvalue weighted by atomic mass is 31.0. The van der Waals surface area contributed by atoms with Crippen LogP contribution in [0.2, 0.25) is 0 Å². The predicted molar refractivity (Wildman–Crippen MR) is 140 cm³/mol. The first-order valence-electron chi connectivity index (χ1n) is 14.4. The zero-order valence-electron chi connectivity index (χ0n) is 21.3. The maximum Gasteiger partial charge on any atom is 0.0274 e. The Morgan fingerprint density at radius 2 is 0.781 bits per heavy atom. The summed E-state index contributed by atoms with van der Waals surface area (Å²) >= 11 is 0. The Bertz CT molecular complexity index is 809. The Morgan fingerprint density at radius 3 is 1.06 bits per heavy atom. The van der Waals surface area contributed by atoms with Crippen molar-refractivity contribution in [3.63, 3.8) is 0 Å². The lowest BCUT2D eigenvalue weighted by Gasteiger charge is -2.18. The van der Waals surface area contributed by atoms with Crippen molar-refractivity contribution in [3.05, 3.63) is 72.9 Å². The van der Waals surface area contributed by atoms with Crippen molar-refractivity contribution in [2.75, 3.05) is 6.62 Å². The van der Waals surface area contributed by atoms with Gasteiger partial charge in [0.15, 0.2) is 0 Å². The molecule has 0 N–H and O–H groups in total. The smallest absolute Gasteiger partial charge is 0.0274 e. The van der Waals surface area contributed by atoms with Crippen LogP contribution in [-0.2, 0) is 0 Å². The van der Waals surface area contributed by atoms with Gasteiger partial charge >= 0.3 is 0 Å². The van der Waals surface area contributed by atoms with Crippen LogP contribution in [0.3, 0.4) is 0 Å². The minimum absolute atomic E-state index is 0.750. The zero-order valence-corrected chi connectivity index (χ0v) is 20.4. The van der Waals surface area contributed by atoms with Gasteiger partial charge in [-0.2, -0.15) is 0 Å². The molecule has 6 bridgehead atoms. The lowest BCUT2D eigenvalue weighted by Crippen LogP contribution is -2.12. The van der Waals surface area contributed by atoms with Crippen molar-refractivity contribution < 1.29 is 2.74 Å². The fourth-order valence-corrected chi connectivity index (χ4v) is 8.92. The molecule has 0 aromatic carbocycles. The van der Waals surface area contributed by atoms with Crippen LogP contribution >= 0.6 is 9.24 Å². The highest BCUT2D eigenvalue weighted by Crippen LogP contribution is 2.54. The fourth-order valence-electron chi connectivity index (χ4n) is 8.92. The molecule has 13 atom stereocenters. The van der Waals surface area contributed by atoms with Crippen LogP contribution in [0.4, 0.5) is 0 Å². The summed E-state index contributed by atoms with van der Waals surface area (Å²) in [5.41, 5.74) is 0. The highest BCUT2D eigenvalue weighted by Gasteiger charge is 2.45.